The molecule has 0 aliphatic rings. The first-order valence-corrected chi connectivity index (χ1v) is 5.91. The highest BCUT2D eigenvalue weighted by Crippen LogP contribution is 2.42. The number of hydrogen-bond acceptors (Lipinski definition) is 2. The van der Waals surface area contributed by atoms with Gasteiger partial charge in [0.15, 0.2) is 0 Å². The molecule has 0 aliphatic heterocycles. The minimum atomic E-state index is -6.05. The minimum Gasteiger partial charge on any atom is -0.212 e. The zero-order valence-electron chi connectivity index (χ0n) is 4.49. The van der Waals surface area contributed by atoms with Crippen LogP contribution in [0.5, 0.6) is 0 Å². The lowest BCUT2D eigenvalue weighted by Crippen LogP contribution is -2.41. The van der Waals surface area contributed by atoms with Gasteiger partial charge in [-0.15, -0.1) is 0 Å². The Morgan fingerprint density at radius 2 is 1.27 bits per heavy atom. The highest BCUT2D eigenvalue weighted by Gasteiger charge is 2.66. The summed E-state index contributed by atoms with van der Waals surface area (Å²) in [4.78, 5) is 0. The maximum Gasteiger partial charge on any atom is 0.470 e. The summed E-state index contributed by atoms with van der Waals surface area (Å²) in [6.45, 7) is 0. The molecule has 0 amide bonds. The van der Waals surface area contributed by atoms with Gasteiger partial charge in [-0.05, 0) is 0 Å². The molecule has 2 nitrogen and oxygen atoms in total. The van der Waals surface area contributed by atoms with Crippen molar-refractivity contribution in [3.05, 3.63) is 0 Å². The molecule has 0 aromatic carbocycles. The molecule has 68 valence electrons. The molecule has 0 N–H and O–H groups in total. The molecule has 0 spiro atoms. The molecule has 0 fully saturated rings. The van der Waals surface area contributed by atoms with E-state index < -0.39 is 18.4 Å². The van der Waals surface area contributed by atoms with E-state index in [-0.39, 0.29) is 21.2 Å². The molecule has 0 radical (unpaired) electrons. The monoisotopic (exact) mass is 310 g/mol. The average Bonchev–Trinajstić information content (AvgIpc) is 1.58. The van der Waals surface area contributed by atoms with Crippen molar-refractivity contribution in [1.82, 2.24) is 0 Å². The zero-order chi connectivity index (χ0) is 9.50. The van der Waals surface area contributed by atoms with Crippen molar-refractivity contribution in [2.24, 2.45) is 0 Å². The van der Waals surface area contributed by atoms with Crippen LogP contribution < -0.4 is 0 Å². The maximum atomic E-state index is 11.7. The minimum absolute atomic E-state index is 0.0468. The Bertz CT molecular complexity index is 240. The van der Waals surface area contributed by atoms with E-state index in [9.17, 15) is 30.4 Å². The molecule has 0 saturated carbocycles. The summed E-state index contributed by atoms with van der Waals surface area (Å²) in [5.74, 6) is 0. The summed E-state index contributed by atoms with van der Waals surface area (Å²) in [5.41, 5.74) is 0. The van der Waals surface area contributed by atoms with E-state index in [0.29, 0.717) is 0 Å². The number of rotatable bonds is 1. The summed E-state index contributed by atoms with van der Waals surface area (Å²) < 4.78 is 76.7. The van der Waals surface area contributed by atoms with E-state index in [0.717, 1.165) is 0 Å². The Balaban J connectivity index is 5.08. The van der Waals surface area contributed by atoms with Crippen molar-refractivity contribution in [3.8, 4) is 0 Å². The van der Waals surface area contributed by atoms with Crippen LogP contribution >= 0.6 is 21.2 Å². The van der Waals surface area contributed by atoms with E-state index in [1.54, 1.807) is 0 Å². The SMILES string of the molecule is O=S(=O)(I)C(F)(F)C(F)(F)F. The quantitative estimate of drug-likeness (QED) is 0.421. The third-order valence-electron chi connectivity index (χ3n) is 0.636. The summed E-state index contributed by atoms with van der Waals surface area (Å²) in [6, 6.07) is 0. The molecule has 0 aromatic heterocycles. The van der Waals surface area contributed by atoms with Gasteiger partial charge in [-0.1, -0.05) is 0 Å². The maximum absolute atomic E-state index is 11.7. The fourth-order valence-electron chi connectivity index (χ4n) is 0.138. The first-order valence-electron chi connectivity index (χ1n) is 1.89. The van der Waals surface area contributed by atoms with Gasteiger partial charge in [0.25, 0.3) is 7.01 Å². The molecule has 0 aliphatic carbocycles. The Labute approximate surface area is 70.3 Å². The van der Waals surface area contributed by atoms with Gasteiger partial charge in [0.2, 0.25) is 0 Å². The molecule has 0 bridgehead atoms. The van der Waals surface area contributed by atoms with Gasteiger partial charge in [-0.2, -0.15) is 22.0 Å². The lowest BCUT2D eigenvalue weighted by Gasteiger charge is -2.15. The van der Waals surface area contributed by atoms with Crippen molar-refractivity contribution < 1.29 is 30.4 Å². The largest absolute Gasteiger partial charge is 0.470 e. The van der Waals surface area contributed by atoms with E-state index in [4.69, 9.17) is 0 Å². The molecular weight excluding hydrogens is 310 g/mol. The van der Waals surface area contributed by atoms with Crippen LogP contribution in [0.1, 0.15) is 0 Å². The highest BCUT2D eigenvalue weighted by molar-refractivity contribution is 14.2. The molecule has 0 unspecified atom stereocenters. The number of alkyl halides is 5. The van der Waals surface area contributed by atoms with Crippen LogP contribution in [0.4, 0.5) is 22.0 Å². The summed E-state index contributed by atoms with van der Waals surface area (Å²) in [5, 5.41) is -5.67. The molecule has 0 saturated heterocycles. The van der Waals surface area contributed by atoms with Crippen molar-refractivity contribution in [2.75, 3.05) is 0 Å². The van der Waals surface area contributed by atoms with Gasteiger partial charge in [-0.3, -0.25) is 0 Å². The highest BCUT2D eigenvalue weighted by atomic mass is 127. The van der Waals surface area contributed by atoms with Crippen LogP contribution in [-0.4, -0.2) is 19.8 Å². The Hall–Kier alpha value is 0.330. The summed E-state index contributed by atoms with van der Waals surface area (Å²) in [7, 11) is -5.45. The van der Waals surface area contributed by atoms with Gasteiger partial charge >= 0.3 is 11.4 Å². The summed E-state index contributed by atoms with van der Waals surface area (Å²) in [6.07, 6.45) is -6.05. The molecular formula is C2F5IO2S. The van der Waals surface area contributed by atoms with Gasteiger partial charge in [0.1, 0.15) is 0 Å². The lowest BCUT2D eigenvalue weighted by molar-refractivity contribution is -0.240. The van der Waals surface area contributed by atoms with Gasteiger partial charge in [0.05, 0.1) is 21.2 Å². The van der Waals surface area contributed by atoms with E-state index >= 15 is 0 Å². The van der Waals surface area contributed by atoms with Crippen LogP contribution in [-0.2, 0) is 7.01 Å². The second kappa shape index (κ2) is 2.68. The molecule has 0 rings (SSSR count). The standard InChI is InChI=1S/C2F5IO2S/c3-1(4,5)2(6,7)11(8,9)10. The second-order valence-corrected chi connectivity index (χ2v) is 6.32. The van der Waals surface area contributed by atoms with Gasteiger partial charge in [0, 0.05) is 0 Å². The van der Waals surface area contributed by atoms with Crippen LogP contribution in [0, 0.1) is 0 Å². The molecule has 11 heavy (non-hydrogen) atoms. The fraction of sp³-hybridized carbons (Fsp3) is 1.00. The van der Waals surface area contributed by atoms with E-state index in [2.05, 4.69) is 0 Å². The van der Waals surface area contributed by atoms with Gasteiger partial charge in [-0.25, -0.2) is 8.42 Å². The Morgan fingerprint density at radius 1 is 1.00 bits per heavy atom. The molecule has 9 heteroatoms. The zero-order valence-corrected chi connectivity index (χ0v) is 7.47. The van der Waals surface area contributed by atoms with Crippen molar-refractivity contribution in [3.63, 3.8) is 0 Å². The van der Waals surface area contributed by atoms with Crippen LogP contribution in [0.15, 0.2) is 0 Å². The van der Waals surface area contributed by atoms with Crippen molar-refractivity contribution >= 4 is 28.2 Å². The van der Waals surface area contributed by atoms with Crippen LogP contribution in [0.3, 0.4) is 0 Å². The van der Waals surface area contributed by atoms with Crippen molar-refractivity contribution in [2.45, 2.75) is 11.4 Å². The topological polar surface area (TPSA) is 34.1 Å². The Morgan fingerprint density at radius 3 is 1.27 bits per heavy atom. The van der Waals surface area contributed by atoms with Crippen molar-refractivity contribution in [1.29, 1.82) is 0 Å². The van der Waals surface area contributed by atoms with E-state index in [1.807, 2.05) is 0 Å². The molecule has 0 heterocycles. The predicted molar refractivity (Wildman–Crippen MR) is 33.9 cm³/mol. The third-order valence-corrected chi connectivity index (χ3v) is 3.14. The fourth-order valence-corrected chi connectivity index (χ4v) is 1.16. The normalized spacial score (nSPS) is 15.1. The van der Waals surface area contributed by atoms with E-state index in [1.165, 1.54) is 0 Å². The molecule has 0 atom stereocenters. The van der Waals surface area contributed by atoms with Crippen LogP contribution in [0.2, 0.25) is 0 Å². The Kier molecular flexibility index (Phi) is 2.76. The summed E-state index contributed by atoms with van der Waals surface area (Å²) >= 11 is 0.0468. The average molecular weight is 310 g/mol. The smallest absolute Gasteiger partial charge is 0.212 e. The second-order valence-electron chi connectivity index (χ2n) is 1.45. The number of hydrogen-bond donors (Lipinski definition) is 0. The first-order chi connectivity index (χ1) is 4.50. The molecule has 0 aromatic rings. The van der Waals surface area contributed by atoms with Gasteiger partial charge < -0.3 is 0 Å². The predicted octanol–water partition coefficient (Wildman–Crippen LogP) is 1.91. The first kappa shape index (κ1) is 11.3. The number of halogens is 6. The lowest BCUT2D eigenvalue weighted by atomic mass is 10.7. The third kappa shape index (κ3) is 2.13. The van der Waals surface area contributed by atoms with Crippen LogP contribution in [0.25, 0.3) is 0 Å².